The number of aliphatic hydroxyl groups is 1. The van der Waals surface area contributed by atoms with E-state index in [4.69, 9.17) is 4.74 Å². The summed E-state index contributed by atoms with van der Waals surface area (Å²) in [5.41, 5.74) is 3.71. The van der Waals surface area contributed by atoms with Crippen LogP contribution in [-0.2, 0) is 17.8 Å². The molecule has 1 aliphatic rings. The lowest BCUT2D eigenvalue weighted by Crippen LogP contribution is -2.59. The summed E-state index contributed by atoms with van der Waals surface area (Å²) in [6.07, 6.45) is 0.363. The second-order valence-corrected chi connectivity index (χ2v) is 9.09. The van der Waals surface area contributed by atoms with Crippen LogP contribution in [0.5, 0.6) is 5.75 Å². The van der Waals surface area contributed by atoms with Crippen LogP contribution in [-0.4, -0.2) is 17.1 Å². The van der Waals surface area contributed by atoms with Crippen LogP contribution in [0.1, 0.15) is 29.2 Å². The molecule has 182 valence electrons. The van der Waals surface area contributed by atoms with E-state index in [2.05, 4.69) is 0 Å². The maximum atomic E-state index is 13.5. The number of rotatable bonds is 9. The van der Waals surface area contributed by atoms with Crippen LogP contribution in [0.3, 0.4) is 0 Å². The predicted molar refractivity (Wildman–Crippen MR) is 138 cm³/mol. The molecule has 3 atom stereocenters. The van der Waals surface area contributed by atoms with E-state index in [-0.39, 0.29) is 17.8 Å². The summed E-state index contributed by atoms with van der Waals surface area (Å²) in [5.74, 6) is -0.364. The highest BCUT2D eigenvalue weighted by Gasteiger charge is 2.52. The van der Waals surface area contributed by atoms with Crippen molar-refractivity contribution in [1.29, 1.82) is 0 Å². The molecule has 4 nitrogen and oxygen atoms in total. The van der Waals surface area contributed by atoms with Crippen LogP contribution in [0.4, 0.5) is 10.1 Å². The van der Waals surface area contributed by atoms with Gasteiger partial charge < -0.3 is 14.7 Å². The molecule has 36 heavy (non-hydrogen) atoms. The van der Waals surface area contributed by atoms with Gasteiger partial charge in [0.25, 0.3) is 0 Å². The van der Waals surface area contributed by atoms with Crippen LogP contribution >= 0.6 is 0 Å². The summed E-state index contributed by atoms with van der Waals surface area (Å²) in [6, 6.07) is 33.1. The molecular formula is C31H28FNO3. The van der Waals surface area contributed by atoms with Crippen molar-refractivity contribution >= 4 is 11.6 Å². The Bertz CT molecular complexity index is 1280. The maximum absolute atomic E-state index is 13.5. The molecule has 1 N–H and O–H groups in total. The summed E-state index contributed by atoms with van der Waals surface area (Å²) in [6.45, 7) is 0.463. The summed E-state index contributed by atoms with van der Waals surface area (Å²) < 4.78 is 19.5. The number of benzene rings is 4. The Hall–Kier alpha value is -3.96. The number of aryl methyl sites for hydroxylation is 1. The van der Waals surface area contributed by atoms with Gasteiger partial charge in [-0.15, -0.1) is 0 Å². The fraction of sp³-hybridized carbons (Fsp3) is 0.194. The average Bonchev–Trinajstić information content (AvgIpc) is 2.92. The molecule has 0 unspecified atom stereocenters. The van der Waals surface area contributed by atoms with Gasteiger partial charge in [0.2, 0.25) is 5.91 Å². The minimum atomic E-state index is -0.798. The zero-order valence-electron chi connectivity index (χ0n) is 19.8. The van der Waals surface area contributed by atoms with Gasteiger partial charge >= 0.3 is 0 Å². The Morgan fingerprint density at radius 1 is 0.806 bits per heavy atom. The smallest absolute Gasteiger partial charge is 0.235 e. The number of amides is 1. The van der Waals surface area contributed by atoms with Gasteiger partial charge in [0, 0.05) is 5.69 Å². The minimum absolute atomic E-state index is 0.156. The number of hydrogen-bond donors (Lipinski definition) is 1. The van der Waals surface area contributed by atoms with E-state index in [1.54, 1.807) is 17.0 Å². The van der Waals surface area contributed by atoms with Crippen molar-refractivity contribution in [3.8, 4) is 5.75 Å². The minimum Gasteiger partial charge on any atom is -0.489 e. The van der Waals surface area contributed by atoms with Crippen molar-refractivity contribution in [3.63, 3.8) is 0 Å². The molecule has 4 aromatic rings. The van der Waals surface area contributed by atoms with E-state index in [9.17, 15) is 14.3 Å². The molecule has 0 saturated carbocycles. The van der Waals surface area contributed by atoms with E-state index in [1.165, 1.54) is 12.1 Å². The summed E-state index contributed by atoms with van der Waals surface area (Å²) in [7, 11) is 0. The first-order chi connectivity index (χ1) is 17.6. The molecule has 0 bridgehead atoms. The molecule has 1 amide bonds. The molecule has 1 aliphatic heterocycles. The van der Waals surface area contributed by atoms with Crippen molar-refractivity contribution in [3.05, 3.63) is 132 Å². The van der Waals surface area contributed by atoms with Crippen LogP contribution in [0.2, 0.25) is 0 Å². The largest absolute Gasteiger partial charge is 0.489 e. The highest BCUT2D eigenvalue weighted by Crippen LogP contribution is 2.46. The molecule has 1 heterocycles. The second-order valence-electron chi connectivity index (χ2n) is 9.09. The molecule has 0 radical (unpaired) electrons. The number of β-lactam (4-membered cyclic amide) rings is 1. The van der Waals surface area contributed by atoms with Gasteiger partial charge in [0.05, 0.1) is 18.1 Å². The lowest BCUT2D eigenvalue weighted by atomic mass is 9.76. The Kier molecular flexibility index (Phi) is 7.10. The third-order valence-electron chi connectivity index (χ3n) is 6.70. The molecule has 0 aromatic heterocycles. The van der Waals surface area contributed by atoms with Crippen LogP contribution < -0.4 is 9.64 Å². The number of nitrogens with zero attached hydrogens (tertiary/aromatic N) is 1. The molecule has 0 spiro atoms. The highest BCUT2D eigenvalue weighted by molar-refractivity contribution is 6.03. The third-order valence-corrected chi connectivity index (χ3v) is 6.70. The number of halogens is 1. The Labute approximate surface area is 210 Å². The fourth-order valence-corrected chi connectivity index (χ4v) is 4.77. The monoisotopic (exact) mass is 481 g/mol. The number of aliphatic hydroxyl groups excluding tert-OH is 1. The molecule has 5 rings (SSSR count). The third kappa shape index (κ3) is 5.16. The first kappa shape index (κ1) is 23.8. The van der Waals surface area contributed by atoms with E-state index in [0.717, 1.165) is 22.4 Å². The Morgan fingerprint density at radius 3 is 2.06 bits per heavy atom. The highest BCUT2D eigenvalue weighted by atomic mass is 19.1. The quantitative estimate of drug-likeness (QED) is 0.294. The van der Waals surface area contributed by atoms with E-state index in [0.29, 0.717) is 25.1 Å². The summed E-state index contributed by atoms with van der Waals surface area (Å²) in [4.78, 5) is 14.9. The zero-order chi connectivity index (χ0) is 24.9. The average molecular weight is 482 g/mol. The van der Waals surface area contributed by atoms with Gasteiger partial charge in [-0.2, -0.15) is 0 Å². The molecule has 4 aromatic carbocycles. The molecule has 0 aliphatic carbocycles. The number of carbonyl (C=O) groups excluding carboxylic acids is 1. The Balaban J connectivity index is 1.34. The van der Waals surface area contributed by atoms with E-state index < -0.39 is 12.0 Å². The number of carbonyl (C=O) groups is 1. The first-order valence-corrected chi connectivity index (χ1v) is 12.2. The van der Waals surface area contributed by atoms with Crippen LogP contribution in [0.15, 0.2) is 109 Å². The molecule has 1 fully saturated rings. The van der Waals surface area contributed by atoms with Gasteiger partial charge in [0.15, 0.2) is 0 Å². The van der Waals surface area contributed by atoms with Crippen molar-refractivity contribution in [2.24, 2.45) is 5.92 Å². The fourth-order valence-electron chi connectivity index (χ4n) is 4.77. The SMILES string of the molecule is O=C1[C@@H]([C@@H](O)CCc2ccccc2)[C@@H](c2ccc(OCc3ccccc3)cc2)N1c1ccc(F)cc1. The summed E-state index contributed by atoms with van der Waals surface area (Å²) >= 11 is 0. The predicted octanol–water partition coefficient (Wildman–Crippen LogP) is 6.10. The topological polar surface area (TPSA) is 49.8 Å². The van der Waals surface area contributed by atoms with Crippen molar-refractivity contribution in [1.82, 2.24) is 0 Å². The Morgan fingerprint density at radius 2 is 1.42 bits per heavy atom. The number of hydrogen-bond acceptors (Lipinski definition) is 3. The number of anilines is 1. The first-order valence-electron chi connectivity index (χ1n) is 12.2. The van der Waals surface area contributed by atoms with Gasteiger partial charge in [0.1, 0.15) is 18.2 Å². The summed E-state index contributed by atoms with van der Waals surface area (Å²) in [5, 5.41) is 11.1. The number of ether oxygens (including phenoxy) is 1. The van der Waals surface area contributed by atoms with Crippen molar-refractivity contribution in [2.75, 3.05) is 4.90 Å². The van der Waals surface area contributed by atoms with Gasteiger partial charge in [-0.3, -0.25) is 4.79 Å². The lowest BCUT2D eigenvalue weighted by Gasteiger charge is -2.49. The van der Waals surface area contributed by atoms with Crippen LogP contribution in [0, 0.1) is 11.7 Å². The maximum Gasteiger partial charge on any atom is 0.235 e. The second kappa shape index (κ2) is 10.8. The van der Waals surface area contributed by atoms with Gasteiger partial charge in [-0.05, 0) is 65.9 Å². The van der Waals surface area contributed by atoms with Crippen molar-refractivity contribution in [2.45, 2.75) is 31.6 Å². The molecular weight excluding hydrogens is 453 g/mol. The molecule has 5 heteroatoms. The molecule has 1 saturated heterocycles. The van der Waals surface area contributed by atoms with Gasteiger partial charge in [-0.25, -0.2) is 4.39 Å². The van der Waals surface area contributed by atoms with Crippen molar-refractivity contribution < 1.29 is 19.0 Å². The standard InChI is InChI=1S/C31H28FNO3/c32-25-14-16-26(17-15-25)33-30(29(31(33)35)28(34)20-11-22-7-3-1-4-8-22)24-12-18-27(19-13-24)36-21-23-9-5-2-6-10-23/h1-10,12-19,28-30,34H,11,20-21H2/t28-,29-,30+/m0/s1. The zero-order valence-corrected chi connectivity index (χ0v) is 19.8. The van der Waals surface area contributed by atoms with Gasteiger partial charge in [-0.1, -0.05) is 72.8 Å². The van der Waals surface area contributed by atoms with E-state index in [1.807, 2.05) is 84.9 Å². The lowest BCUT2D eigenvalue weighted by molar-refractivity contribution is -0.136. The normalized spacial score (nSPS) is 17.9. The van der Waals surface area contributed by atoms with Crippen LogP contribution in [0.25, 0.3) is 0 Å². The van der Waals surface area contributed by atoms with E-state index >= 15 is 0 Å².